The van der Waals surface area contributed by atoms with Gasteiger partial charge in [-0.2, -0.15) is 0 Å². The Morgan fingerprint density at radius 3 is 2.82 bits per heavy atom. The van der Waals surface area contributed by atoms with E-state index in [4.69, 9.17) is 14.9 Å². The zero-order valence-electron chi connectivity index (χ0n) is 10.9. The molecule has 0 bridgehead atoms. The highest BCUT2D eigenvalue weighted by molar-refractivity contribution is 5.78. The Morgan fingerprint density at radius 2 is 2.29 bits per heavy atom. The molecule has 0 saturated heterocycles. The van der Waals surface area contributed by atoms with Gasteiger partial charge in [0.15, 0.2) is 5.96 Å². The molecule has 0 fully saturated rings. The van der Waals surface area contributed by atoms with Gasteiger partial charge >= 0.3 is 0 Å². The molecule has 17 heavy (non-hydrogen) atoms. The van der Waals surface area contributed by atoms with Crippen LogP contribution in [-0.4, -0.2) is 25.7 Å². The molecular weight excluding hydrogens is 218 g/mol. The maximum Gasteiger partial charge on any atom is 0.189 e. The molecule has 5 heteroatoms. The minimum Gasteiger partial charge on any atom is -0.466 e. The number of aliphatic imine (C=N–C) groups is 1. The van der Waals surface area contributed by atoms with Crippen LogP contribution in [0.2, 0.25) is 0 Å². The van der Waals surface area contributed by atoms with Crippen LogP contribution in [0.15, 0.2) is 15.5 Å². The van der Waals surface area contributed by atoms with Crippen molar-refractivity contribution in [3.8, 4) is 0 Å². The third-order valence-corrected chi connectivity index (χ3v) is 2.37. The lowest BCUT2D eigenvalue weighted by Crippen LogP contribution is -2.40. The SMILES string of the molecule is COCC(C)NC(N)=NCc1cc(C)oc1C. The fourth-order valence-corrected chi connectivity index (χ4v) is 1.60. The smallest absolute Gasteiger partial charge is 0.189 e. The molecule has 1 unspecified atom stereocenters. The molecule has 0 aliphatic carbocycles. The van der Waals surface area contributed by atoms with Gasteiger partial charge in [0.2, 0.25) is 0 Å². The summed E-state index contributed by atoms with van der Waals surface area (Å²) < 4.78 is 10.4. The monoisotopic (exact) mass is 239 g/mol. The maximum atomic E-state index is 5.76. The van der Waals surface area contributed by atoms with Crippen LogP contribution in [0.5, 0.6) is 0 Å². The lowest BCUT2D eigenvalue weighted by atomic mass is 10.2. The minimum absolute atomic E-state index is 0.149. The summed E-state index contributed by atoms with van der Waals surface area (Å²) in [5.74, 6) is 2.21. The number of methoxy groups -OCH3 is 1. The summed E-state index contributed by atoms with van der Waals surface area (Å²) >= 11 is 0. The highest BCUT2D eigenvalue weighted by Gasteiger charge is 2.05. The highest BCUT2D eigenvalue weighted by atomic mass is 16.5. The molecule has 0 aliphatic heterocycles. The first-order valence-corrected chi connectivity index (χ1v) is 5.64. The van der Waals surface area contributed by atoms with E-state index in [1.807, 2.05) is 26.8 Å². The van der Waals surface area contributed by atoms with Gasteiger partial charge in [0.05, 0.1) is 13.2 Å². The van der Waals surface area contributed by atoms with Gasteiger partial charge in [0.25, 0.3) is 0 Å². The number of rotatable bonds is 5. The second-order valence-corrected chi connectivity index (χ2v) is 4.14. The Labute approximate surface area is 102 Å². The van der Waals surface area contributed by atoms with Crippen LogP contribution >= 0.6 is 0 Å². The third kappa shape index (κ3) is 4.48. The van der Waals surface area contributed by atoms with Crippen molar-refractivity contribution >= 4 is 5.96 Å². The minimum atomic E-state index is 0.149. The molecule has 0 radical (unpaired) electrons. The van der Waals surface area contributed by atoms with Crippen LogP contribution in [0.3, 0.4) is 0 Å². The molecule has 3 N–H and O–H groups in total. The van der Waals surface area contributed by atoms with Crippen molar-refractivity contribution in [3.05, 3.63) is 23.2 Å². The van der Waals surface area contributed by atoms with E-state index in [1.165, 1.54) is 0 Å². The molecular formula is C12H21N3O2. The summed E-state index contributed by atoms with van der Waals surface area (Å²) in [7, 11) is 1.66. The molecule has 5 nitrogen and oxygen atoms in total. The van der Waals surface area contributed by atoms with Crippen LogP contribution in [0.4, 0.5) is 0 Å². The fraction of sp³-hybridized carbons (Fsp3) is 0.583. The molecule has 1 atom stereocenters. The van der Waals surface area contributed by atoms with Crippen LogP contribution in [-0.2, 0) is 11.3 Å². The van der Waals surface area contributed by atoms with Crippen molar-refractivity contribution in [2.45, 2.75) is 33.4 Å². The van der Waals surface area contributed by atoms with Gasteiger partial charge in [0, 0.05) is 18.7 Å². The second kappa shape index (κ2) is 6.30. The van der Waals surface area contributed by atoms with Crippen LogP contribution in [0.25, 0.3) is 0 Å². The van der Waals surface area contributed by atoms with Crippen LogP contribution in [0.1, 0.15) is 24.0 Å². The van der Waals surface area contributed by atoms with Crippen molar-refractivity contribution in [1.82, 2.24) is 5.32 Å². The fourth-order valence-electron chi connectivity index (χ4n) is 1.60. The predicted octanol–water partition coefficient (Wildman–Crippen LogP) is 1.34. The Balaban J connectivity index is 2.50. The van der Waals surface area contributed by atoms with E-state index in [2.05, 4.69) is 10.3 Å². The number of ether oxygens (including phenoxy) is 1. The van der Waals surface area contributed by atoms with Crippen molar-refractivity contribution in [2.75, 3.05) is 13.7 Å². The zero-order valence-corrected chi connectivity index (χ0v) is 10.9. The van der Waals surface area contributed by atoms with Gasteiger partial charge in [-0.3, -0.25) is 0 Å². The number of aryl methyl sites for hydroxylation is 2. The summed E-state index contributed by atoms with van der Waals surface area (Å²) in [6, 6.07) is 2.13. The van der Waals surface area contributed by atoms with Crippen molar-refractivity contribution in [3.63, 3.8) is 0 Å². The molecule has 0 spiro atoms. The first-order chi connectivity index (χ1) is 8.02. The summed E-state index contributed by atoms with van der Waals surface area (Å²) in [6.45, 7) is 6.96. The summed E-state index contributed by atoms with van der Waals surface area (Å²) in [6.07, 6.45) is 0. The number of hydrogen-bond acceptors (Lipinski definition) is 3. The zero-order chi connectivity index (χ0) is 12.8. The number of furan rings is 1. The molecule has 0 aromatic carbocycles. The quantitative estimate of drug-likeness (QED) is 0.600. The molecule has 1 aromatic rings. The molecule has 96 valence electrons. The molecule has 0 aliphatic rings. The van der Waals surface area contributed by atoms with Gasteiger partial charge in [-0.25, -0.2) is 4.99 Å². The molecule has 1 aromatic heterocycles. The van der Waals surface area contributed by atoms with Gasteiger partial charge in [-0.1, -0.05) is 0 Å². The van der Waals surface area contributed by atoms with E-state index in [9.17, 15) is 0 Å². The van der Waals surface area contributed by atoms with E-state index in [1.54, 1.807) is 7.11 Å². The molecule has 1 heterocycles. The van der Waals surface area contributed by atoms with Crippen LogP contribution < -0.4 is 11.1 Å². The van der Waals surface area contributed by atoms with E-state index < -0.39 is 0 Å². The van der Waals surface area contributed by atoms with Gasteiger partial charge in [-0.15, -0.1) is 0 Å². The average Bonchev–Trinajstić information content (AvgIpc) is 2.54. The number of guanidine groups is 1. The molecule has 0 saturated carbocycles. The number of nitrogens with one attached hydrogen (secondary N) is 1. The second-order valence-electron chi connectivity index (χ2n) is 4.14. The Hall–Kier alpha value is -1.49. The first kappa shape index (κ1) is 13.6. The Bertz CT molecular complexity index is 385. The summed E-state index contributed by atoms with van der Waals surface area (Å²) in [5, 5.41) is 3.05. The Kier molecular flexibility index (Phi) is 5.03. The number of nitrogens with zero attached hydrogens (tertiary/aromatic N) is 1. The Morgan fingerprint density at radius 1 is 1.59 bits per heavy atom. The summed E-state index contributed by atoms with van der Waals surface area (Å²) in [4.78, 5) is 4.26. The lowest BCUT2D eigenvalue weighted by molar-refractivity contribution is 0.179. The number of hydrogen-bond donors (Lipinski definition) is 2. The largest absolute Gasteiger partial charge is 0.466 e. The first-order valence-electron chi connectivity index (χ1n) is 5.64. The normalized spacial score (nSPS) is 13.8. The van der Waals surface area contributed by atoms with Crippen molar-refractivity contribution in [2.24, 2.45) is 10.7 Å². The van der Waals surface area contributed by atoms with E-state index in [-0.39, 0.29) is 6.04 Å². The highest BCUT2D eigenvalue weighted by Crippen LogP contribution is 2.14. The molecule has 0 amide bonds. The van der Waals surface area contributed by atoms with E-state index >= 15 is 0 Å². The maximum absolute atomic E-state index is 5.76. The predicted molar refractivity (Wildman–Crippen MR) is 68.0 cm³/mol. The lowest BCUT2D eigenvalue weighted by Gasteiger charge is -2.12. The van der Waals surface area contributed by atoms with Gasteiger partial charge in [0.1, 0.15) is 11.5 Å². The summed E-state index contributed by atoms with van der Waals surface area (Å²) in [5.41, 5.74) is 6.82. The van der Waals surface area contributed by atoms with Gasteiger partial charge < -0.3 is 20.2 Å². The van der Waals surface area contributed by atoms with Gasteiger partial charge in [-0.05, 0) is 26.8 Å². The van der Waals surface area contributed by atoms with E-state index in [0.717, 1.165) is 17.1 Å². The van der Waals surface area contributed by atoms with E-state index in [0.29, 0.717) is 19.1 Å². The molecule has 1 rings (SSSR count). The third-order valence-electron chi connectivity index (χ3n) is 2.37. The number of nitrogens with two attached hydrogens (primary N) is 1. The van der Waals surface area contributed by atoms with Crippen molar-refractivity contribution in [1.29, 1.82) is 0 Å². The standard InChI is InChI=1S/C12H21N3O2/c1-8(7-16-4)15-12(13)14-6-11-5-9(2)17-10(11)3/h5,8H,6-7H2,1-4H3,(H3,13,14,15). The average molecular weight is 239 g/mol. The van der Waals surface area contributed by atoms with Crippen molar-refractivity contribution < 1.29 is 9.15 Å². The topological polar surface area (TPSA) is 72.8 Å². The van der Waals surface area contributed by atoms with Crippen LogP contribution in [0, 0.1) is 13.8 Å².